The smallest absolute Gasteiger partial charge is 0.0931 e. The highest BCUT2D eigenvalue weighted by Crippen LogP contribution is 2.20. The van der Waals surface area contributed by atoms with Gasteiger partial charge >= 0.3 is 0 Å². The molecule has 0 fully saturated rings. The van der Waals surface area contributed by atoms with Gasteiger partial charge in [0.25, 0.3) is 0 Å². The van der Waals surface area contributed by atoms with Gasteiger partial charge in [-0.25, -0.2) is 4.98 Å². The summed E-state index contributed by atoms with van der Waals surface area (Å²) >= 11 is 0. The van der Waals surface area contributed by atoms with Crippen LogP contribution in [-0.4, -0.2) is 9.97 Å². The van der Waals surface area contributed by atoms with Crippen molar-refractivity contribution in [3.8, 4) is 0 Å². The maximum absolute atomic E-state index is 4.39. The molecule has 2 heteroatoms. The molecule has 3 aromatic rings. The monoisotopic (exact) mass is 234 g/mol. The molecule has 0 saturated heterocycles. The Labute approximate surface area is 106 Å². The van der Waals surface area contributed by atoms with Crippen molar-refractivity contribution in [2.24, 2.45) is 0 Å². The number of hydrogen-bond acceptors (Lipinski definition) is 1. The van der Waals surface area contributed by atoms with E-state index in [2.05, 4.69) is 46.9 Å². The topological polar surface area (TPSA) is 28.7 Å². The van der Waals surface area contributed by atoms with Gasteiger partial charge < -0.3 is 4.98 Å². The van der Waals surface area contributed by atoms with Crippen molar-refractivity contribution in [1.29, 1.82) is 0 Å². The minimum Gasteiger partial charge on any atom is -0.345 e. The second kappa shape index (κ2) is 4.49. The highest BCUT2D eigenvalue weighted by molar-refractivity contribution is 5.78. The van der Waals surface area contributed by atoms with Crippen molar-refractivity contribution in [1.82, 2.24) is 9.97 Å². The second-order valence-electron chi connectivity index (χ2n) is 4.30. The summed E-state index contributed by atoms with van der Waals surface area (Å²) in [6.45, 7) is 3.86. The number of benzene rings is 2. The first kappa shape index (κ1) is 10.8. The summed E-state index contributed by atoms with van der Waals surface area (Å²) in [4.78, 5) is 7.53. The minimum atomic E-state index is 0.879. The van der Waals surface area contributed by atoms with Crippen molar-refractivity contribution >= 4 is 17.1 Å². The maximum Gasteiger partial charge on any atom is 0.0931 e. The van der Waals surface area contributed by atoms with Crippen molar-refractivity contribution in [3.63, 3.8) is 0 Å². The predicted octanol–water partition coefficient (Wildman–Crippen LogP) is 3.80. The molecule has 0 radical (unpaired) electrons. The first-order valence-corrected chi connectivity index (χ1v) is 6.00. The Morgan fingerprint density at radius 3 is 2.78 bits per heavy atom. The van der Waals surface area contributed by atoms with Crippen molar-refractivity contribution in [3.05, 3.63) is 72.1 Å². The number of para-hydroxylation sites is 1. The number of fused-ring (bicyclic) bond motifs is 1. The molecule has 0 spiro atoms. The van der Waals surface area contributed by atoms with Gasteiger partial charge in [0.05, 0.1) is 17.4 Å². The van der Waals surface area contributed by atoms with Crippen LogP contribution in [0.5, 0.6) is 0 Å². The fraction of sp³-hybridized carbons (Fsp3) is 0.0625. The first-order valence-electron chi connectivity index (χ1n) is 6.00. The lowest BCUT2D eigenvalue weighted by atomic mass is 9.99. The van der Waals surface area contributed by atoms with Crippen LogP contribution in [0.1, 0.15) is 16.7 Å². The Kier molecular flexibility index (Phi) is 2.69. The molecular formula is C16H14N2. The average Bonchev–Trinajstić information content (AvgIpc) is 2.89. The number of nitrogens with zero attached hydrogens (tertiary/aromatic N) is 1. The third-order valence-corrected chi connectivity index (χ3v) is 3.19. The number of aromatic nitrogens is 2. The number of aromatic amines is 1. The maximum atomic E-state index is 4.39. The third-order valence-electron chi connectivity index (χ3n) is 3.19. The molecule has 18 heavy (non-hydrogen) atoms. The zero-order valence-corrected chi connectivity index (χ0v) is 10.1. The molecule has 0 unspecified atom stereocenters. The summed E-state index contributed by atoms with van der Waals surface area (Å²) in [5.74, 6) is 0. The number of hydrogen-bond donors (Lipinski definition) is 1. The van der Waals surface area contributed by atoms with Crippen LogP contribution in [0.2, 0.25) is 0 Å². The van der Waals surface area contributed by atoms with Crippen LogP contribution >= 0.6 is 0 Å². The van der Waals surface area contributed by atoms with Crippen LogP contribution in [0.15, 0.2) is 55.4 Å². The summed E-state index contributed by atoms with van der Waals surface area (Å²) in [6.07, 6.45) is 4.53. The highest BCUT2D eigenvalue weighted by Gasteiger charge is 2.05. The van der Waals surface area contributed by atoms with Crippen molar-refractivity contribution in [2.75, 3.05) is 0 Å². The molecule has 1 N–H and O–H groups in total. The van der Waals surface area contributed by atoms with Crippen LogP contribution in [0, 0.1) is 0 Å². The summed E-state index contributed by atoms with van der Waals surface area (Å²) < 4.78 is 0. The van der Waals surface area contributed by atoms with Gasteiger partial charge in [0.15, 0.2) is 0 Å². The molecule has 0 aliphatic rings. The SMILES string of the molecule is C=Cc1ccccc1Cc1cccc2[nH]cnc12. The molecule has 2 aromatic carbocycles. The van der Waals surface area contributed by atoms with E-state index >= 15 is 0 Å². The molecule has 0 aliphatic carbocycles. The van der Waals surface area contributed by atoms with Gasteiger partial charge in [-0.2, -0.15) is 0 Å². The molecule has 0 amide bonds. The van der Waals surface area contributed by atoms with E-state index in [4.69, 9.17) is 0 Å². The van der Waals surface area contributed by atoms with Gasteiger partial charge in [0.1, 0.15) is 0 Å². The van der Waals surface area contributed by atoms with E-state index in [1.165, 1.54) is 16.7 Å². The standard InChI is InChI=1S/C16H14N2/c1-2-12-6-3-4-7-13(12)10-14-8-5-9-15-16(14)18-11-17-15/h2-9,11H,1,10H2,(H,17,18). The molecule has 1 aromatic heterocycles. The molecule has 88 valence electrons. The molecular weight excluding hydrogens is 220 g/mol. The fourth-order valence-electron chi connectivity index (χ4n) is 2.27. The Hall–Kier alpha value is -2.35. The molecule has 0 bridgehead atoms. The lowest BCUT2D eigenvalue weighted by Crippen LogP contribution is -1.92. The van der Waals surface area contributed by atoms with Gasteiger partial charge in [-0.05, 0) is 22.8 Å². The summed E-state index contributed by atoms with van der Waals surface area (Å²) in [7, 11) is 0. The summed E-state index contributed by atoms with van der Waals surface area (Å²) in [5, 5.41) is 0. The Morgan fingerprint density at radius 1 is 1.06 bits per heavy atom. The number of imidazole rings is 1. The molecule has 3 rings (SSSR count). The van der Waals surface area contributed by atoms with Crippen LogP contribution in [0.3, 0.4) is 0 Å². The van der Waals surface area contributed by atoms with Crippen molar-refractivity contribution < 1.29 is 0 Å². The lowest BCUT2D eigenvalue weighted by molar-refractivity contribution is 1.19. The zero-order valence-electron chi connectivity index (χ0n) is 10.1. The van der Waals surface area contributed by atoms with Gasteiger partial charge in [0, 0.05) is 6.42 Å². The lowest BCUT2D eigenvalue weighted by Gasteiger charge is -2.06. The Balaban J connectivity index is 2.06. The molecule has 0 atom stereocenters. The number of nitrogens with one attached hydrogen (secondary N) is 1. The number of rotatable bonds is 3. The molecule has 0 saturated carbocycles. The normalized spacial score (nSPS) is 10.7. The van der Waals surface area contributed by atoms with E-state index in [1.54, 1.807) is 6.33 Å². The Bertz CT molecular complexity index is 695. The molecule has 0 aliphatic heterocycles. The highest BCUT2D eigenvalue weighted by atomic mass is 14.9. The van der Waals surface area contributed by atoms with E-state index in [0.29, 0.717) is 0 Å². The van der Waals surface area contributed by atoms with E-state index in [9.17, 15) is 0 Å². The van der Waals surface area contributed by atoms with Crippen LogP contribution in [0.4, 0.5) is 0 Å². The van der Waals surface area contributed by atoms with Crippen LogP contribution < -0.4 is 0 Å². The minimum absolute atomic E-state index is 0.879. The fourth-order valence-corrected chi connectivity index (χ4v) is 2.27. The number of H-pyrrole nitrogens is 1. The van der Waals surface area contributed by atoms with Gasteiger partial charge in [-0.15, -0.1) is 0 Å². The first-order chi connectivity index (χ1) is 8.88. The molecule has 1 heterocycles. The van der Waals surface area contributed by atoms with E-state index in [0.717, 1.165) is 17.5 Å². The van der Waals surface area contributed by atoms with E-state index in [1.807, 2.05) is 18.2 Å². The van der Waals surface area contributed by atoms with Gasteiger partial charge in [-0.3, -0.25) is 0 Å². The average molecular weight is 234 g/mol. The van der Waals surface area contributed by atoms with Crippen LogP contribution in [-0.2, 0) is 6.42 Å². The largest absolute Gasteiger partial charge is 0.345 e. The quantitative estimate of drug-likeness (QED) is 0.733. The summed E-state index contributed by atoms with van der Waals surface area (Å²) in [6, 6.07) is 14.6. The zero-order chi connectivity index (χ0) is 12.4. The van der Waals surface area contributed by atoms with Gasteiger partial charge in [0.2, 0.25) is 0 Å². The predicted molar refractivity (Wildman–Crippen MR) is 75.4 cm³/mol. The third kappa shape index (κ3) is 1.82. The van der Waals surface area contributed by atoms with Crippen LogP contribution in [0.25, 0.3) is 17.1 Å². The van der Waals surface area contributed by atoms with E-state index < -0.39 is 0 Å². The summed E-state index contributed by atoms with van der Waals surface area (Å²) in [5.41, 5.74) is 5.84. The van der Waals surface area contributed by atoms with E-state index in [-0.39, 0.29) is 0 Å². The second-order valence-corrected chi connectivity index (χ2v) is 4.30. The molecule has 2 nitrogen and oxygen atoms in total. The van der Waals surface area contributed by atoms with Gasteiger partial charge in [-0.1, -0.05) is 49.1 Å². The Morgan fingerprint density at radius 2 is 1.89 bits per heavy atom. The van der Waals surface area contributed by atoms with Crippen molar-refractivity contribution in [2.45, 2.75) is 6.42 Å².